The molecule has 1 nitrogen and oxygen atoms in total. The topological polar surface area (TPSA) is 12.9 Å². The minimum absolute atomic E-state index is 0.465. The summed E-state index contributed by atoms with van der Waals surface area (Å²) < 4.78 is 2.70. The summed E-state index contributed by atoms with van der Waals surface area (Å²) in [6.45, 7) is 11.8. The first kappa shape index (κ1) is 19.5. The van der Waals surface area contributed by atoms with E-state index in [0.717, 1.165) is 5.69 Å². The molecule has 0 aliphatic rings. The van der Waals surface area contributed by atoms with Crippen LogP contribution in [0.3, 0.4) is 0 Å². The molecule has 30 heavy (non-hydrogen) atoms. The van der Waals surface area contributed by atoms with Crippen LogP contribution < -0.4 is 5.19 Å². The highest BCUT2D eigenvalue weighted by Crippen LogP contribution is 2.40. The third-order valence-electron chi connectivity index (χ3n) is 6.04. The molecule has 0 spiro atoms. The van der Waals surface area contributed by atoms with Gasteiger partial charge in [-0.25, -0.2) is 0 Å². The van der Waals surface area contributed by atoms with E-state index in [1.807, 2.05) is 17.5 Å². The number of benzene rings is 3. The molecule has 5 aromatic rings. The minimum atomic E-state index is -1.34. The molecule has 0 atom stereocenters. The largest absolute Gasteiger partial charge is 0.256 e. The third-order valence-corrected chi connectivity index (χ3v) is 9.20. The Morgan fingerprint density at radius 3 is 2.40 bits per heavy atom. The Morgan fingerprint density at radius 2 is 1.63 bits per heavy atom. The predicted octanol–water partition coefficient (Wildman–Crippen LogP) is 7.94. The molecule has 5 rings (SSSR count). The van der Waals surface area contributed by atoms with Gasteiger partial charge in [-0.15, -0.1) is 11.3 Å². The molecule has 0 saturated carbocycles. The Bertz CT molecular complexity index is 1410. The number of hydrogen-bond donors (Lipinski definition) is 0. The van der Waals surface area contributed by atoms with Crippen LogP contribution in [0, 0.1) is 0 Å². The Labute approximate surface area is 183 Å². The normalized spacial score (nSPS) is 12.5. The molecule has 3 aromatic carbocycles. The van der Waals surface area contributed by atoms with Crippen LogP contribution in [-0.4, -0.2) is 13.1 Å². The van der Waals surface area contributed by atoms with Crippen molar-refractivity contribution in [3.8, 4) is 11.3 Å². The molecular formula is C27H27NSSi. The smallest absolute Gasteiger partial charge is 0.0795 e. The van der Waals surface area contributed by atoms with Crippen LogP contribution in [0.2, 0.25) is 19.6 Å². The summed E-state index contributed by atoms with van der Waals surface area (Å²) in [6.07, 6.45) is 1.97. The van der Waals surface area contributed by atoms with Crippen LogP contribution in [0.25, 0.3) is 42.2 Å². The monoisotopic (exact) mass is 425 g/mol. The lowest BCUT2D eigenvalue weighted by molar-refractivity contribution is 0.876. The van der Waals surface area contributed by atoms with Crippen molar-refractivity contribution in [1.29, 1.82) is 0 Å². The second-order valence-corrected chi connectivity index (χ2v) is 15.7. The molecule has 0 fully saturated rings. The fraction of sp³-hybridized carbons (Fsp3) is 0.222. The van der Waals surface area contributed by atoms with Crippen molar-refractivity contribution < 1.29 is 0 Å². The number of thiophene rings is 1. The number of hydrogen-bond acceptors (Lipinski definition) is 2. The van der Waals surface area contributed by atoms with Gasteiger partial charge in [0.2, 0.25) is 0 Å². The van der Waals surface area contributed by atoms with Crippen molar-refractivity contribution in [1.82, 2.24) is 4.98 Å². The van der Waals surface area contributed by atoms with Gasteiger partial charge in [0.15, 0.2) is 0 Å². The third kappa shape index (κ3) is 3.17. The molecule has 0 saturated heterocycles. The van der Waals surface area contributed by atoms with Gasteiger partial charge in [-0.2, -0.15) is 0 Å². The quantitative estimate of drug-likeness (QED) is 0.267. The van der Waals surface area contributed by atoms with E-state index in [4.69, 9.17) is 4.98 Å². The second kappa shape index (κ2) is 7.04. The molecule has 0 radical (unpaired) electrons. The standard InChI is InChI=1S/C27H27NSSi/c1-17(2)23-15-19(14-18-8-6-7-9-21(18)23)27-26-22-11-10-20(30(3,4)5)16-25(22)29-24(26)12-13-28-27/h6-17H,1-5H3. The maximum Gasteiger partial charge on any atom is 0.0795 e. The summed E-state index contributed by atoms with van der Waals surface area (Å²) in [4.78, 5) is 4.89. The van der Waals surface area contributed by atoms with Gasteiger partial charge in [0.05, 0.1) is 13.8 Å². The highest BCUT2D eigenvalue weighted by Gasteiger charge is 2.19. The predicted molar refractivity (Wildman–Crippen MR) is 137 cm³/mol. The van der Waals surface area contributed by atoms with Crippen LogP contribution in [0.15, 0.2) is 66.9 Å². The van der Waals surface area contributed by atoms with E-state index in [1.54, 1.807) is 0 Å². The van der Waals surface area contributed by atoms with Crippen LogP contribution >= 0.6 is 11.3 Å². The van der Waals surface area contributed by atoms with Gasteiger partial charge in [-0.05, 0) is 46.5 Å². The second-order valence-electron chi connectivity index (χ2n) is 9.54. The van der Waals surface area contributed by atoms with Crippen molar-refractivity contribution in [2.24, 2.45) is 0 Å². The molecule has 3 heteroatoms. The number of rotatable bonds is 3. The molecule has 2 aromatic heterocycles. The van der Waals surface area contributed by atoms with E-state index in [0.29, 0.717) is 5.92 Å². The highest BCUT2D eigenvalue weighted by atomic mass is 32.1. The zero-order valence-corrected chi connectivity index (χ0v) is 20.1. The van der Waals surface area contributed by atoms with Crippen molar-refractivity contribution >= 4 is 55.5 Å². The van der Waals surface area contributed by atoms with Crippen molar-refractivity contribution in [3.05, 3.63) is 72.4 Å². The van der Waals surface area contributed by atoms with Gasteiger partial charge >= 0.3 is 0 Å². The lowest BCUT2D eigenvalue weighted by Crippen LogP contribution is -2.37. The first-order chi connectivity index (χ1) is 14.3. The van der Waals surface area contributed by atoms with E-state index in [9.17, 15) is 0 Å². The van der Waals surface area contributed by atoms with E-state index >= 15 is 0 Å². The number of fused-ring (bicyclic) bond motifs is 4. The van der Waals surface area contributed by atoms with Crippen LogP contribution in [0.5, 0.6) is 0 Å². The maximum absolute atomic E-state index is 4.89. The summed E-state index contributed by atoms with van der Waals surface area (Å²) in [6, 6.07) is 22.7. The molecule has 2 heterocycles. The highest BCUT2D eigenvalue weighted by molar-refractivity contribution is 7.26. The summed E-state index contributed by atoms with van der Waals surface area (Å²) >= 11 is 1.90. The molecule has 0 bridgehead atoms. The van der Waals surface area contributed by atoms with Gasteiger partial charge in [0, 0.05) is 31.9 Å². The first-order valence-electron chi connectivity index (χ1n) is 10.7. The molecule has 150 valence electrons. The van der Waals surface area contributed by atoms with Gasteiger partial charge < -0.3 is 0 Å². The first-order valence-corrected chi connectivity index (χ1v) is 15.0. The number of nitrogens with zero attached hydrogens (tertiary/aromatic N) is 1. The van der Waals surface area contributed by atoms with E-state index in [-0.39, 0.29) is 0 Å². The van der Waals surface area contributed by atoms with Crippen LogP contribution in [-0.2, 0) is 0 Å². The SMILES string of the molecule is CC(C)c1cc(-c2nccc3sc4cc([Si](C)(C)C)ccc4c23)cc2ccccc12. The number of pyridine rings is 1. The molecule has 0 aliphatic carbocycles. The lowest BCUT2D eigenvalue weighted by Gasteiger charge is -2.16. The Balaban J connectivity index is 1.81. The van der Waals surface area contributed by atoms with Gasteiger partial charge in [-0.3, -0.25) is 4.98 Å². The summed E-state index contributed by atoms with van der Waals surface area (Å²) in [5.41, 5.74) is 3.71. The Hall–Kier alpha value is -2.49. The van der Waals surface area contributed by atoms with Crippen LogP contribution in [0.4, 0.5) is 0 Å². The molecule has 0 N–H and O–H groups in total. The Morgan fingerprint density at radius 1 is 0.833 bits per heavy atom. The van der Waals surface area contributed by atoms with Crippen LogP contribution in [0.1, 0.15) is 25.3 Å². The fourth-order valence-electron chi connectivity index (χ4n) is 4.36. The van der Waals surface area contributed by atoms with Gasteiger partial charge in [-0.1, -0.05) is 75.1 Å². The zero-order valence-electron chi connectivity index (χ0n) is 18.3. The maximum atomic E-state index is 4.89. The fourth-order valence-corrected chi connectivity index (χ4v) is 6.77. The molecular weight excluding hydrogens is 398 g/mol. The van der Waals surface area contributed by atoms with E-state index in [1.165, 1.54) is 47.3 Å². The lowest BCUT2D eigenvalue weighted by atomic mass is 9.92. The minimum Gasteiger partial charge on any atom is -0.256 e. The van der Waals surface area contributed by atoms with Crippen molar-refractivity contribution in [2.45, 2.75) is 39.4 Å². The molecule has 0 aliphatic heterocycles. The summed E-state index contributed by atoms with van der Waals surface area (Å²) in [7, 11) is -1.34. The number of aromatic nitrogens is 1. The average Bonchev–Trinajstić information content (AvgIpc) is 3.10. The summed E-state index contributed by atoms with van der Waals surface area (Å²) in [5, 5.41) is 6.78. The Kier molecular flexibility index (Phi) is 4.57. The molecule has 0 unspecified atom stereocenters. The van der Waals surface area contributed by atoms with Gasteiger partial charge in [0.25, 0.3) is 0 Å². The van der Waals surface area contributed by atoms with Gasteiger partial charge in [0.1, 0.15) is 0 Å². The summed E-state index contributed by atoms with van der Waals surface area (Å²) in [5.74, 6) is 0.465. The van der Waals surface area contributed by atoms with E-state index in [2.05, 4.69) is 94.2 Å². The molecule has 0 amide bonds. The van der Waals surface area contributed by atoms with Crippen molar-refractivity contribution in [2.75, 3.05) is 0 Å². The van der Waals surface area contributed by atoms with Crippen molar-refractivity contribution in [3.63, 3.8) is 0 Å². The average molecular weight is 426 g/mol. The van der Waals surface area contributed by atoms with E-state index < -0.39 is 8.07 Å². The zero-order chi connectivity index (χ0) is 21.0.